The molecule has 1 fully saturated rings. The molecule has 0 saturated carbocycles. The van der Waals surface area contributed by atoms with Crippen molar-refractivity contribution in [2.45, 2.75) is 58.5 Å². The summed E-state index contributed by atoms with van der Waals surface area (Å²) in [7, 11) is 0. The van der Waals surface area contributed by atoms with Gasteiger partial charge in [-0.05, 0) is 39.3 Å². The molecule has 3 rings (SSSR count). The SMILES string of the molecule is CCNC(=NCc1cc2c(cc1OCC)CC(C)O2)NC1CCN(CC(F)(F)F)C1.I. The molecule has 0 amide bonds. The first kappa shape index (κ1) is 25.8. The smallest absolute Gasteiger partial charge is 0.401 e. The maximum absolute atomic E-state index is 12.6. The zero-order chi connectivity index (χ0) is 21.7. The van der Waals surface area contributed by atoms with Gasteiger partial charge < -0.3 is 20.1 Å². The zero-order valence-corrected chi connectivity index (χ0v) is 20.5. The Kier molecular flexibility index (Phi) is 9.53. The number of halogens is 4. The number of hydrogen-bond donors (Lipinski definition) is 2. The Morgan fingerprint density at radius 3 is 2.77 bits per heavy atom. The zero-order valence-electron chi connectivity index (χ0n) is 18.2. The number of fused-ring (bicyclic) bond motifs is 1. The maximum atomic E-state index is 12.6. The first-order valence-corrected chi connectivity index (χ1v) is 10.6. The first-order chi connectivity index (χ1) is 14.3. The van der Waals surface area contributed by atoms with E-state index < -0.39 is 12.7 Å². The van der Waals surface area contributed by atoms with E-state index in [0.717, 1.165) is 29.0 Å². The topological polar surface area (TPSA) is 58.1 Å². The second-order valence-electron chi connectivity index (χ2n) is 7.81. The van der Waals surface area contributed by atoms with Gasteiger partial charge in [0.1, 0.15) is 17.6 Å². The molecule has 2 aliphatic rings. The summed E-state index contributed by atoms with van der Waals surface area (Å²) in [6.45, 7) is 7.43. The molecule has 6 nitrogen and oxygen atoms in total. The molecule has 0 spiro atoms. The Morgan fingerprint density at radius 2 is 2.10 bits per heavy atom. The van der Waals surface area contributed by atoms with Crippen molar-refractivity contribution in [1.29, 1.82) is 0 Å². The summed E-state index contributed by atoms with van der Waals surface area (Å²) in [6, 6.07) is 3.94. The van der Waals surface area contributed by atoms with Crippen molar-refractivity contribution < 1.29 is 22.6 Å². The highest BCUT2D eigenvalue weighted by Gasteiger charge is 2.34. The minimum Gasteiger partial charge on any atom is -0.494 e. The Hall–Kier alpha value is -1.43. The number of nitrogens with zero attached hydrogens (tertiary/aromatic N) is 2. The summed E-state index contributed by atoms with van der Waals surface area (Å²) in [5.74, 6) is 2.26. The molecule has 2 aliphatic heterocycles. The van der Waals surface area contributed by atoms with Crippen LogP contribution in [0.1, 0.15) is 38.3 Å². The molecule has 31 heavy (non-hydrogen) atoms. The van der Waals surface area contributed by atoms with Crippen LogP contribution < -0.4 is 20.1 Å². The predicted molar refractivity (Wildman–Crippen MR) is 126 cm³/mol. The van der Waals surface area contributed by atoms with Crippen LogP contribution in [0, 0.1) is 0 Å². The fourth-order valence-corrected chi connectivity index (χ4v) is 3.92. The molecule has 2 N–H and O–H groups in total. The number of benzene rings is 1. The number of nitrogens with one attached hydrogen (secondary N) is 2. The van der Waals surface area contributed by atoms with Gasteiger partial charge >= 0.3 is 6.18 Å². The third-order valence-electron chi connectivity index (χ3n) is 5.15. The highest BCUT2D eigenvalue weighted by molar-refractivity contribution is 14.0. The van der Waals surface area contributed by atoms with Gasteiger partial charge in [0.2, 0.25) is 0 Å². The van der Waals surface area contributed by atoms with Crippen molar-refractivity contribution >= 4 is 29.9 Å². The molecule has 1 saturated heterocycles. The number of aliphatic imine (C=N–C) groups is 1. The number of rotatable bonds is 7. The van der Waals surface area contributed by atoms with Crippen LogP contribution in [0.15, 0.2) is 17.1 Å². The van der Waals surface area contributed by atoms with Crippen molar-refractivity contribution in [2.24, 2.45) is 4.99 Å². The Bertz CT molecular complexity index is 761. The third-order valence-corrected chi connectivity index (χ3v) is 5.15. The minimum atomic E-state index is -4.17. The van der Waals surface area contributed by atoms with Crippen molar-refractivity contribution in [3.63, 3.8) is 0 Å². The van der Waals surface area contributed by atoms with E-state index in [2.05, 4.69) is 15.6 Å². The van der Waals surface area contributed by atoms with E-state index in [1.165, 1.54) is 4.90 Å². The first-order valence-electron chi connectivity index (χ1n) is 10.6. The molecule has 2 heterocycles. The van der Waals surface area contributed by atoms with E-state index >= 15 is 0 Å². The normalized spacial score (nSPS) is 21.3. The fraction of sp³-hybridized carbons (Fsp3) is 0.667. The summed E-state index contributed by atoms with van der Waals surface area (Å²) < 4.78 is 49.5. The summed E-state index contributed by atoms with van der Waals surface area (Å²) in [4.78, 5) is 6.08. The minimum absolute atomic E-state index is 0. The molecule has 2 atom stereocenters. The van der Waals surface area contributed by atoms with Crippen LogP contribution in [0.4, 0.5) is 13.2 Å². The Balaban J connectivity index is 0.00000341. The van der Waals surface area contributed by atoms with Gasteiger partial charge in [0, 0.05) is 43.2 Å². The lowest BCUT2D eigenvalue weighted by Crippen LogP contribution is -2.45. The molecule has 1 aromatic rings. The van der Waals surface area contributed by atoms with Gasteiger partial charge in [0.25, 0.3) is 0 Å². The average Bonchev–Trinajstić information content (AvgIpc) is 3.23. The Labute approximate surface area is 199 Å². The lowest BCUT2D eigenvalue weighted by atomic mass is 10.1. The fourth-order valence-electron chi connectivity index (χ4n) is 3.92. The van der Waals surface area contributed by atoms with Gasteiger partial charge in [0.05, 0.1) is 19.7 Å². The van der Waals surface area contributed by atoms with Gasteiger partial charge in [-0.2, -0.15) is 13.2 Å². The van der Waals surface area contributed by atoms with E-state index in [-0.39, 0.29) is 36.1 Å². The van der Waals surface area contributed by atoms with Crippen molar-refractivity contribution in [3.05, 3.63) is 23.3 Å². The molecule has 10 heteroatoms. The lowest BCUT2D eigenvalue weighted by Gasteiger charge is -2.20. The standard InChI is InChI=1S/C21H31F3N4O2.HI/c1-4-25-20(27-17-6-7-28(12-17)13-21(22,23)24)26-11-16-10-19-15(8-14(3)30-19)9-18(16)29-5-2;/h9-10,14,17H,4-8,11-13H2,1-3H3,(H2,25,26,27);1H. The highest BCUT2D eigenvalue weighted by Crippen LogP contribution is 2.35. The molecule has 0 radical (unpaired) electrons. The predicted octanol–water partition coefficient (Wildman–Crippen LogP) is 3.72. The van der Waals surface area contributed by atoms with Gasteiger partial charge in [-0.15, -0.1) is 24.0 Å². The number of likely N-dealkylation sites (tertiary alicyclic amines) is 1. The third kappa shape index (κ3) is 7.58. The van der Waals surface area contributed by atoms with Crippen LogP contribution in [0.25, 0.3) is 0 Å². The number of guanidine groups is 1. The number of hydrogen-bond acceptors (Lipinski definition) is 4. The molecule has 1 aromatic carbocycles. The van der Waals surface area contributed by atoms with E-state index in [9.17, 15) is 13.2 Å². The van der Waals surface area contributed by atoms with Crippen molar-refractivity contribution in [2.75, 3.05) is 32.8 Å². The van der Waals surface area contributed by atoms with Crippen LogP contribution in [0.3, 0.4) is 0 Å². The molecule has 0 aliphatic carbocycles. The van der Waals surface area contributed by atoms with Gasteiger partial charge in [0.15, 0.2) is 5.96 Å². The van der Waals surface area contributed by atoms with Crippen LogP contribution in [-0.4, -0.2) is 62.0 Å². The molecular weight excluding hydrogens is 524 g/mol. The van der Waals surface area contributed by atoms with Crippen LogP contribution >= 0.6 is 24.0 Å². The van der Waals surface area contributed by atoms with Crippen molar-refractivity contribution in [3.8, 4) is 11.5 Å². The largest absolute Gasteiger partial charge is 0.494 e. The molecular formula is C21H32F3IN4O2. The molecule has 2 unspecified atom stereocenters. The highest BCUT2D eigenvalue weighted by atomic mass is 127. The second-order valence-corrected chi connectivity index (χ2v) is 7.81. The summed E-state index contributed by atoms with van der Waals surface area (Å²) in [6.07, 6.45) is -2.51. The van der Waals surface area contributed by atoms with E-state index in [0.29, 0.717) is 45.2 Å². The van der Waals surface area contributed by atoms with E-state index in [4.69, 9.17) is 9.47 Å². The Morgan fingerprint density at radius 1 is 1.32 bits per heavy atom. The van der Waals surface area contributed by atoms with E-state index in [1.54, 1.807) is 0 Å². The lowest BCUT2D eigenvalue weighted by molar-refractivity contribution is -0.143. The van der Waals surface area contributed by atoms with Crippen LogP contribution in [0.2, 0.25) is 0 Å². The number of ether oxygens (including phenoxy) is 2. The molecule has 0 bridgehead atoms. The number of alkyl halides is 3. The molecule has 0 aromatic heterocycles. The second kappa shape index (κ2) is 11.4. The average molecular weight is 556 g/mol. The molecule has 176 valence electrons. The van der Waals surface area contributed by atoms with Gasteiger partial charge in [-0.3, -0.25) is 4.90 Å². The van der Waals surface area contributed by atoms with E-state index in [1.807, 2.05) is 32.9 Å². The van der Waals surface area contributed by atoms with Crippen LogP contribution in [-0.2, 0) is 13.0 Å². The monoisotopic (exact) mass is 556 g/mol. The van der Waals surface area contributed by atoms with Gasteiger partial charge in [-0.25, -0.2) is 4.99 Å². The van der Waals surface area contributed by atoms with Crippen molar-refractivity contribution in [1.82, 2.24) is 15.5 Å². The maximum Gasteiger partial charge on any atom is 0.401 e. The quantitative estimate of drug-likeness (QED) is 0.305. The summed E-state index contributed by atoms with van der Waals surface area (Å²) in [5, 5.41) is 6.45. The van der Waals surface area contributed by atoms with Crippen LogP contribution in [0.5, 0.6) is 11.5 Å². The van der Waals surface area contributed by atoms with Gasteiger partial charge in [-0.1, -0.05) is 0 Å². The summed E-state index contributed by atoms with van der Waals surface area (Å²) >= 11 is 0. The summed E-state index contributed by atoms with van der Waals surface area (Å²) in [5.41, 5.74) is 2.06.